The molecule has 0 aliphatic carbocycles. The van der Waals surface area contributed by atoms with Crippen molar-refractivity contribution in [3.63, 3.8) is 0 Å². The van der Waals surface area contributed by atoms with Crippen LogP contribution in [0.25, 0.3) is 17.0 Å². The number of aryl methyl sites for hydroxylation is 2. The Balaban J connectivity index is 1.38. The van der Waals surface area contributed by atoms with E-state index in [1.807, 2.05) is 50.2 Å². The van der Waals surface area contributed by atoms with Gasteiger partial charge < -0.3 is 25.6 Å². The van der Waals surface area contributed by atoms with E-state index in [1.165, 1.54) is 18.0 Å². The molecule has 4 rings (SSSR count). The van der Waals surface area contributed by atoms with E-state index >= 15 is 0 Å². The number of benzene rings is 3. The first-order valence-electron chi connectivity index (χ1n) is 13.3. The van der Waals surface area contributed by atoms with Crippen LogP contribution >= 0.6 is 23.2 Å². The minimum absolute atomic E-state index is 0.0616. The van der Waals surface area contributed by atoms with Gasteiger partial charge in [-0.05, 0) is 67.4 Å². The van der Waals surface area contributed by atoms with E-state index in [0.717, 1.165) is 27.7 Å². The van der Waals surface area contributed by atoms with Crippen molar-refractivity contribution >= 4 is 69.4 Å². The van der Waals surface area contributed by atoms with Crippen LogP contribution in [0, 0.1) is 13.8 Å². The number of fused-ring (bicyclic) bond motifs is 1. The molecule has 0 bridgehead atoms. The van der Waals surface area contributed by atoms with Crippen LogP contribution in [-0.4, -0.2) is 43.5 Å². The van der Waals surface area contributed by atoms with Crippen LogP contribution in [0.2, 0.25) is 10.0 Å². The van der Waals surface area contributed by atoms with E-state index in [4.69, 9.17) is 27.9 Å². The summed E-state index contributed by atoms with van der Waals surface area (Å²) in [6.07, 6.45) is 2.96. The molecule has 0 unspecified atom stereocenters. The highest BCUT2D eigenvalue weighted by Gasteiger charge is 2.19. The lowest BCUT2D eigenvalue weighted by molar-refractivity contribution is -0.122. The lowest BCUT2D eigenvalue weighted by Crippen LogP contribution is -2.37. The summed E-state index contributed by atoms with van der Waals surface area (Å²) >= 11 is 13.2. The van der Waals surface area contributed by atoms with Gasteiger partial charge in [-0.2, -0.15) is 0 Å². The molecule has 0 saturated heterocycles. The van der Waals surface area contributed by atoms with Gasteiger partial charge in [0.2, 0.25) is 11.8 Å². The molecule has 222 valence electrons. The zero-order valence-corrected chi connectivity index (χ0v) is 25.6. The van der Waals surface area contributed by atoms with E-state index in [1.54, 1.807) is 37.4 Å². The van der Waals surface area contributed by atoms with Crippen molar-refractivity contribution in [2.24, 2.45) is 0 Å². The molecule has 3 aromatic carbocycles. The predicted molar refractivity (Wildman–Crippen MR) is 172 cm³/mol. The molecule has 0 spiro atoms. The number of halogens is 2. The molecule has 1 heterocycles. The largest absolute Gasteiger partial charge is 0.487 e. The number of hydrogen-bond acceptors (Lipinski definition) is 5. The van der Waals surface area contributed by atoms with Gasteiger partial charge in [0.15, 0.2) is 0 Å². The quantitative estimate of drug-likeness (QED) is 0.191. The Morgan fingerprint density at radius 3 is 2.56 bits per heavy atom. The maximum Gasteiger partial charge on any atom is 0.318 e. The molecule has 9 nitrogen and oxygen atoms in total. The van der Waals surface area contributed by atoms with E-state index < -0.39 is 5.91 Å². The van der Waals surface area contributed by atoms with Crippen molar-refractivity contribution in [1.82, 2.24) is 15.6 Å². The van der Waals surface area contributed by atoms with Crippen molar-refractivity contribution in [1.29, 1.82) is 0 Å². The normalized spacial score (nSPS) is 10.9. The van der Waals surface area contributed by atoms with E-state index in [2.05, 4.69) is 20.9 Å². The third-order valence-corrected chi connectivity index (χ3v) is 7.44. The topological polar surface area (TPSA) is 113 Å². The van der Waals surface area contributed by atoms with Crippen LogP contribution < -0.4 is 25.6 Å². The highest BCUT2D eigenvalue weighted by atomic mass is 35.5. The van der Waals surface area contributed by atoms with Crippen LogP contribution in [0.5, 0.6) is 5.75 Å². The van der Waals surface area contributed by atoms with E-state index in [-0.39, 0.29) is 30.1 Å². The SMILES string of the molecule is CNC(=O)Nc1ccc(/C=C/C(=O)NCC(=O)N(C)c2ccc(Cl)c(COc3cccc4ccc(C)nc34)c2Cl)cc1C. The Bertz CT molecular complexity index is 1720. The Morgan fingerprint density at radius 1 is 1.02 bits per heavy atom. The van der Waals surface area contributed by atoms with Crippen LogP contribution in [0.1, 0.15) is 22.4 Å². The first kappa shape index (κ1) is 31.3. The number of pyridine rings is 1. The number of nitrogens with zero attached hydrogens (tertiary/aromatic N) is 2. The number of anilines is 2. The number of urea groups is 1. The Kier molecular flexibility index (Phi) is 10.2. The second-order valence-corrected chi connectivity index (χ2v) is 10.5. The van der Waals surface area contributed by atoms with E-state index in [0.29, 0.717) is 27.7 Å². The van der Waals surface area contributed by atoms with Gasteiger partial charge in [-0.3, -0.25) is 9.59 Å². The number of para-hydroxylation sites is 1. The van der Waals surface area contributed by atoms with Crippen LogP contribution in [0.3, 0.4) is 0 Å². The molecule has 0 atom stereocenters. The molecule has 4 aromatic rings. The summed E-state index contributed by atoms with van der Waals surface area (Å²) in [5, 5.41) is 9.41. The van der Waals surface area contributed by atoms with Gasteiger partial charge in [0.1, 0.15) is 17.9 Å². The number of carbonyl (C=O) groups is 3. The number of aromatic nitrogens is 1. The molecule has 0 fully saturated rings. The van der Waals surface area contributed by atoms with Crippen LogP contribution in [0.15, 0.2) is 66.7 Å². The number of amides is 4. The smallest absolute Gasteiger partial charge is 0.318 e. The van der Waals surface area contributed by atoms with Gasteiger partial charge in [0.05, 0.1) is 17.3 Å². The number of nitrogens with one attached hydrogen (secondary N) is 3. The van der Waals surface area contributed by atoms with Gasteiger partial charge in [0.25, 0.3) is 0 Å². The molecular weight excluding hydrogens is 589 g/mol. The number of ether oxygens (including phenoxy) is 1. The second-order valence-electron chi connectivity index (χ2n) is 9.71. The van der Waals surface area contributed by atoms with Crippen LogP contribution in [0.4, 0.5) is 16.2 Å². The summed E-state index contributed by atoms with van der Waals surface area (Å²) in [5.41, 5.74) is 4.78. The number of carbonyl (C=O) groups excluding carboxylic acids is 3. The van der Waals surface area contributed by atoms with Gasteiger partial charge in [-0.25, -0.2) is 9.78 Å². The zero-order chi connectivity index (χ0) is 31.1. The first-order chi connectivity index (χ1) is 20.6. The Morgan fingerprint density at radius 2 is 1.81 bits per heavy atom. The minimum Gasteiger partial charge on any atom is -0.487 e. The van der Waals surface area contributed by atoms with Crippen LogP contribution in [-0.2, 0) is 16.2 Å². The molecule has 43 heavy (non-hydrogen) atoms. The van der Waals surface area contributed by atoms with Crippen molar-refractivity contribution < 1.29 is 19.1 Å². The standard InChI is InChI=1S/C32H31Cl2N5O4/c1-19-16-21(9-13-25(19)38-32(42)35-3)10-15-28(40)36-17-29(41)39(4)26-14-12-24(33)23(30(26)34)18-43-27-7-5-6-22-11-8-20(2)37-31(22)27/h5-16H,17-18H2,1-4H3,(H,36,40)(H2,35,38,42)/b15-10+. The Labute approximate surface area is 259 Å². The van der Waals surface area contributed by atoms with Crippen molar-refractivity contribution in [2.45, 2.75) is 20.5 Å². The fourth-order valence-corrected chi connectivity index (χ4v) is 4.83. The molecule has 0 radical (unpaired) electrons. The fourth-order valence-electron chi connectivity index (χ4n) is 4.22. The summed E-state index contributed by atoms with van der Waals surface area (Å²) in [6, 6.07) is 17.9. The Hall–Kier alpha value is -4.60. The van der Waals surface area contributed by atoms with Gasteiger partial charge in [-0.1, -0.05) is 47.5 Å². The maximum atomic E-state index is 12.9. The minimum atomic E-state index is -0.442. The lowest BCUT2D eigenvalue weighted by Gasteiger charge is -2.21. The summed E-state index contributed by atoms with van der Waals surface area (Å²) < 4.78 is 6.07. The zero-order valence-electron chi connectivity index (χ0n) is 24.1. The molecule has 11 heteroatoms. The third kappa shape index (κ3) is 7.82. The maximum absolute atomic E-state index is 12.9. The van der Waals surface area contributed by atoms with Crippen molar-refractivity contribution in [3.8, 4) is 5.75 Å². The molecule has 3 N–H and O–H groups in total. The number of rotatable bonds is 9. The first-order valence-corrected chi connectivity index (χ1v) is 14.1. The summed E-state index contributed by atoms with van der Waals surface area (Å²) in [4.78, 5) is 42.8. The van der Waals surface area contributed by atoms with Crippen molar-refractivity contribution in [3.05, 3.63) is 99.2 Å². The van der Waals surface area contributed by atoms with Gasteiger partial charge >= 0.3 is 6.03 Å². The second kappa shape index (κ2) is 14.0. The molecule has 1 aromatic heterocycles. The summed E-state index contributed by atoms with van der Waals surface area (Å²) in [7, 11) is 3.10. The highest BCUT2D eigenvalue weighted by molar-refractivity contribution is 6.38. The third-order valence-electron chi connectivity index (χ3n) is 6.66. The average molecular weight is 621 g/mol. The lowest BCUT2D eigenvalue weighted by atomic mass is 10.1. The predicted octanol–water partition coefficient (Wildman–Crippen LogP) is 6.28. The summed E-state index contributed by atoms with van der Waals surface area (Å²) in [5.74, 6) is -0.236. The van der Waals surface area contributed by atoms with E-state index in [9.17, 15) is 14.4 Å². The number of hydrogen-bond donors (Lipinski definition) is 3. The molecule has 0 aliphatic rings. The van der Waals surface area contributed by atoms with Gasteiger partial charge in [-0.15, -0.1) is 0 Å². The monoisotopic (exact) mass is 619 g/mol. The highest BCUT2D eigenvalue weighted by Crippen LogP contribution is 2.35. The van der Waals surface area contributed by atoms with Gasteiger partial charge in [0, 0.05) is 47.5 Å². The molecule has 0 saturated carbocycles. The molecule has 4 amide bonds. The summed E-state index contributed by atoms with van der Waals surface area (Å²) in [6.45, 7) is 3.57. The van der Waals surface area contributed by atoms with Crippen molar-refractivity contribution in [2.75, 3.05) is 30.9 Å². The number of likely N-dealkylation sites (N-methyl/N-ethyl adjacent to an activating group) is 1. The average Bonchev–Trinajstić information content (AvgIpc) is 2.99. The fraction of sp³-hybridized carbons (Fsp3) is 0.188. The molecular formula is C32H31Cl2N5O4. The molecule has 0 aliphatic heterocycles.